The molecule has 3 atom stereocenters. The van der Waals surface area contributed by atoms with Crippen molar-refractivity contribution in [3.63, 3.8) is 0 Å². The molecular formula is C23H32O4. The Labute approximate surface area is 162 Å². The van der Waals surface area contributed by atoms with Crippen molar-refractivity contribution >= 4 is 5.97 Å². The molecule has 2 rings (SSSR count). The van der Waals surface area contributed by atoms with Crippen LogP contribution in [0.1, 0.15) is 57.9 Å². The van der Waals surface area contributed by atoms with E-state index < -0.39 is 5.97 Å². The van der Waals surface area contributed by atoms with E-state index in [4.69, 9.17) is 14.6 Å². The Morgan fingerprint density at radius 2 is 1.96 bits per heavy atom. The topological polar surface area (TPSA) is 55.8 Å². The van der Waals surface area contributed by atoms with E-state index in [9.17, 15) is 4.79 Å². The molecule has 0 saturated carbocycles. The third-order valence-electron chi connectivity index (χ3n) is 5.41. The molecule has 1 aromatic rings. The van der Waals surface area contributed by atoms with Gasteiger partial charge in [0.25, 0.3) is 0 Å². The van der Waals surface area contributed by atoms with Crippen molar-refractivity contribution in [1.82, 2.24) is 0 Å². The maximum absolute atomic E-state index is 10.6. The van der Waals surface area contributed by atoms with E-state index in [1.54, 1.807) is 13.0 Å². The van der Waals surface area contributed by atoms with Crippen LogP contribution in [-0.2, 0) is 9.53 Å². The van der Waals surface area contributed by atoms with Crippen LogP contribution in [0.3, 0.4) is 0 Å². The number of rotatable bonds is 8. The fourth-order valence-corrected chi connectivity index (χ4v) is 3.60. The van der Waals surface area contributed by atoms with E-state index in [1.165, 1.54) is 24.8 Å². The molecular weight excluding hydrogens is 340 g/mol. The van der Waals surface area contributed by atoms with Crippen molar-refractivity contribution in [2.24, 2.45) is 11.8 Å². The van der Waals surface area contributed by atoms with E-state index in [-0.39, 0.29) is 13.2 Å². The van der Waals surface area contributed by atoms with Crippen LogP contribution < -0.4 is 4.74 Å². The molecule has 1 aromatic carbocycles. The number of ether oxygens (including phenoxy) is 2. The Morgan fingerprint density at radius 1 is 1.22 bits per heavy atom. The molecule has 0 heterocycles. The van der Waals surface area contributed by atoms with Gasteiger partial charge in [-0.15, -0.1) is 0 Å². The van der Waals surface area contributed by atoms with Gasteiger partial charge >= 0.3 is 5.97 Å². The Kier molecular flexibility index (Phi) is 8.43. The summed E-state index contributed by atoms with van der Waals surface area (Å²) in [7, 11) is 0. The van der Waals surface area contributed by atoms with Gasteiger partial charge in [0.15, 0.2) is 6.61 Å². The SMILES string of the molecule is C/C=C(/COc1ccc(C2C/C=C\C(CC)C(C)CC2)cc1)OCC(=O)O. The molecule has 0 aliphatic heterocycles. The van der Waals surface area contributed by atoms with Crippen LogP contribution in [0.2, 0.25) is 0 Å². The minimum absolute atomic E-state index is 0.227. The Hall–Kier alpha value is -2.23. The summed E-state index contributed by atoms with van der Waals surface area (Å²) in [5.74, 6) is 2.30. The molecule has 27 heavy (non-hydrogen) atoms. The highest BCUT2D eigenvalue weighted by Gasteiger charge is 2.19. The highest BCUT2D eigenvalue weighted by molar-refractivity contribution is 5.68. The Balaban J connectivity index is 1.91. The van der Waals surface area contributed by atoms with Gasteiger partial charge in [-0.1, -0.05) is 38.1 Å². The number of hydrogen-bond acceptors (Lipinski definition) is 3. The second kappa shape index (κ2) is 10.8. The maximum atomic E-state index is 10.6. The van der Waals surface area contributed by atoms with Crippen molar-refractivity contribution in [2.75, 3.05) is 13.2 Å². The number of carboxylic acids is 1. The van der Waals surface area contributed by atoms with Crippen molar-refractivity contribution in [3.05, 3.63) is 53.8 Å². The molecule has 0 bridgehead atoms. The van der Waals surface area contributed by atoms with Crippen LogP contribution in [0.4, 0.5) is 0 Å². The summed E-state index contributed by atoms with van der Waals surface area (Å²) in [4.78, 5) is 10.6. The number of allylic oxidation sites excluding steroid dienone is 3. The molecule has 3 unspecified atom stereocenters. The molecule has 1 N–H and O–H groups in total. The number of carboxylic acid groups (broad SMARTS) is 1. The van der Waals surface area contributed by atoms with Crippen molar-refractivity contribution < 1.29 is 19.4 Å². The zero-order valence-electron chi connectivity index (χ0n) is 16.7. The zero-order valence-corrected chi connectivity index (χ0v) is 16.7. The average Bonchev–Trinajstić information content (AvgIpc) is 2.66. The van der Waals surface area contributed by atoms with Crippen LogP contribution in [0.5, 0.6) is 5.75 Å². The predicted molar refractivity (Wildman–Crippen MR) is 108 cm³/mol. The second-order valence-electron chi connectivity index (χ2n) is 7.28. The van der Waals surface area contributed by atoms with Crippen LogP contribution in [0.15, 0.2) is 48.3 Å². The van der Waals surface area contributed by atoms with Gasteiger partial charge in [0, 0.05) is 0 Å². The van der Waals surface area contributed by atoms with Gasteiger partial charge in [-0.3, -0.25) is 0 Å². The summed E-state index contributed by atoms with van der Waals surface area (Å²) in [5, 5.41) is 8.68. The molecule has 1 aliphatic rings. The first kappa shape index (κ1) is 21.1. The lowest BCUT2D eigenvalue weighted by molar-refractivity contribution is -0.141. The smallest absolute Gasteiger partial charge is 0.341 e. The van der Waals surface area contributed by atoms with Gasteiger partial charge in [-0.25, -0.2) is 4.79 Å². The molecule has 0 amide bonds. The third kappa shape index (κ3) is 6.78. The molecule has 0 radical (unpaired) electrons. The summed E-state index contributed by atoms with van der Waals surface area (Å²) in [6.45, 7) is 6.31. The van der Waals surface area contributed by atoms with E-state index >= 15 is 0 Å². The molecule has 0 fully saturated rings. The van der Waals surface area contributed by atoms with E-state index in [2.05, 4.69) is 38.1 Å². The minimum Gasteiger partial charge on any atom is -0.486 e. The molecule has 0 saturated heterocycles. The first-order valence-electron chi connectivity index (χ1n) is 9.92. The first-order chi connectivity index (χ1) is 13.0. The number of hydrogen-bond donors (Lipinski definition) is 1. The van der Waals surface area contributed by atoms with E-state index in [0.717, 1.165) is 18.1 Å². The predicted octanol–water partition coefficient (Wildman–Crippen LogP) is 5.56. The second-order valence-corrected chi connectivity index (χ2v) is 7.28. The van der Waals surface area contributed by atoms with Gasteiger partial charge in [0.2, 0.25) is 0 Å². The van der Waals surface area contributed by atoms with Gasteiger partial charge in [-0.2, -0.15) is 0 Å². The van der Waals surface area contributed by atoms with Gasteiger partial charge < -0.3 is 14.6 Å². The monoisotopic (exact) mass is 372 g/mol. The van der Waals surface area contributed by atoms with Gasteiger partial charge in [0.05, 0.1) is 0 Å². The van der Waals surface area contributed by atoms with Crippen LogP contribution in [0.25, 0.3) is 0 Å². The summed E-state index contributed by atoms with van der Waals surface area (Å²) in [6, 6.07) is 8.26. The molecule has 1 aliphatic carbocycles. The van der Waals surface area contributed by atoms with Gasteiger partial charge in [0.1, 0.15) is 18.1 Å². The quantitative estimate of drug-likeness (QED) is 0.480. The normalized spacial score (nSPS) is 24.6. The fourth-order valence-electron chi connectivity index (χ4n) is 3.60. The lowest BCUT2D eigenvalue weighted by Gasteiger charge is -2.26. The highest BCUT2D eigenvalue weighted by atomic mass is 16.5. The summed E-state index contributed by atoms with van der Waals surface area (Å²) < 4.78 is 10.9. The zero-order chi connectivity index (χ0) is 19.6. The number of benzene rings is 1. The van der Waals surface area contributed by atoms with Crippen LogP contribution in [0, 0.1) is 11.8 Å². The molecule has 148 valence electrons. The highest BCUT2D eigenvalue weighted by Crippen LogP contribution is 2.34. The molecule has 4 heteroatoms. The standard InChI is InChI=1S/C23H32O4/c1-4-18-7-6-8-19(10-9-17(18)3)20-11-13-22(14-12-20)26-15-21(5-2)27-16-23(24)25/h5-7,11-14,17-19H,4,8-10,15-16H2,1-3H3,(H,24,25)/b7-6-,21-5-. The summed E-state index contributed by atoms with van der Waals surface area (Å²) >= 11 is 0. The lowest BCUT2D eigenvalue weighted by atomic mass is 9.80. The Bertz CT molecular complexity index is 645. The molecule has 0 aromatic heterocycles. The van der Waals surface area contributed by atoms with E-state index in [0.29, 0.717) is 17.6 Å². The summed E-state index contributed by atoms with van der Waals surface area (Å²) in [5.41, 5.74) is 1.35. The van der Waals surface area contributed by atoms with Crippen molar-refractivity contribution in [1.29, 1.82) is 0 Å². The summed E-state index contributed by atoms with van der Waals surface area (Å²) in [6.07, 6.45) is 11.3. The van der Waals surface area contributed by atoms with Crippen LogP contribution >= 0.6 is 0 Å². The molecule has 4 nitrogen and oxygen atoms in total. The van der Waals surface area contributed by atoms with E-state index in [1.807, 2.05) is 12.1 Å². The largest absolute Gasteiger partial charge is 0.486 e. The van der Waals surface area contributed by atoms with Crippen molar-refractivity contribution in [2.45, 2.75) is 52.4 Å². The van der Waals surface area contributed by atoms with Crippen molar-refractivity contribution in [3.8, 4) is 5.75 Å². The Morgan fingerprint density at radius 3 is 2.59 bits per heavy atom. The lowest BCUT2D eigenvalue weighted by Crippen LogP contribution is -2.13. The van der Waals surface area contributed by atoms with Gasteiger partial charge in [-0.05, 0) is 74.1 Å². The van der Waals surface area contributed by atoms with Crippen LogP contribution in [-0.4, -0.2) is 24.3 Å². The maximum Gasteiger partial charge on any atom is 0.341 e. The minimum atomic E-state index is -0.994. The fraction of sp³-hybridized carbons (Fsp3) is 0.522. The number of carbonyl (C=O) groups is 1. The number of aliphatic carboxylic acids is 1. The third-order valence-corrected chi connectivity index (χ3v) is 5.41. The first-order valence-corrected chi connectivity index (χ1v) is 9.92. The molecule has 0 spiro atoms. The average molecular weight is 373 g/mol.